The number of likely N-dealkylation sites (tertiary alicyclic amines) is 1. The summed E-state index contributed by atoms with van der Waals surface area (Å²) in [5, 5.41) is 10.6. The normalized spacial score (nSPS) is 17.2. The Morgan fingerprint density at radius 2 is 2.29 bits per heavy atom. The molecule has 1 aliphatic heterocycles. The molecular formula is C19H27N7O2. The Kier molecular flexibility index (Phi) is 6.57. The molecule has 2 aromatic rings. The van der Waals surface area contributed by atoms with E-state index in [-0.39, 0.29) is 17.9 Å². The van der Waals surface area contributed by atoms with E-state index in [1.54, 1.807) is 13.2 Å². The Bertz CT molecular complexity index is 804. The zero-order chi connectivity index (χ0) is 19.9. The van der Waals surface area contributed by atoms with E-state index >= 15 is 0 Å². The van der Waals surface area contributed by atoms with Crippen molar-refractivity contribution in [2.45, 2.75) is 32.7 Å². The topological polar surface area (TPSA) is 109 Å². The van der Waals surface area contributed by atoms with Gasteiger partial charge in [0.25, 0.3) is 5.89 Å². The highest BCUT2D eigenvalue weighted by atomic mass is 16.5. The first kappa shape index (κ1) is 19.8. The van der Waals surface area contributed by atoms with Crippen LogP contribution in [0.3, 0.4) is 0 Å². The molecular weight excluding hydrogens is 358 g/mol. The monoisotopic (exact) mass is 385 g/mol. The molecule has 2 N–H and O–H groups in total. The first-order chi connectivity index (χ1) is 13.6. The molecule has 9 nitrogen and oxygen atoms in total. The lowest BCUT2D eigenvalue weighted by Crippen LogP contribution is -2.45. The van der Waals surface area contributed by atoms with Crippen molar-refractivity contribution < 1.29 is 9.32 Å². The molecule has 28 heavy (non-hydrogen) atoms. The van der Waals surface area contributed by atoms with Gasteiger partial charge in [0.2, 0.25) is 5.91 Å². The van der Waals surface area contributed by atoms with Crippen LogP contribution in [0.4, 0.5) is 0 Å². The Labute approximate surface area is 164 Å². The summed E-state index contributed by atoms with van der Waals surface area (Å²) in [6.45, 7) is 5.96. The minimum atomic E-state index is 0.0297. The van der Waals surface area contributed by atoms with Crippen molar-refractivity contribution in [3.8, 4) is 11.6 Å². The van der Waals surface area contributed by atoms with Crippen LogP contribution in [-0.2, 0) is 11.2 Å². The van der Waals surface area contributed by atoms with Gasteiger partial charge in [0.1, 0.15) is 5.69 Å². The highest BCUT2D eigenvalue weighted by Gasteiger charge is 2.27. The van der Waals surface area contributed by atoms with Crippen LogP contribution in [0.1, 0.15) is 26.1 Å². The van der Waals surface area contributed by atoms with Crippen molar-refractivity contribution in [2.75, 3.05) is 26.7 Å². The maximum atomic E-state index is 12.1. The molecule has 0 aromatic carbocycles. The third-order valence-corrected chi connectivity index (χ3v) is 4.55. The number of aromatic nitrogens is 3. The molecule has 150 valence electrons. The van der Waals surface area contributed by atoms with Gasteiger partial charge < -0.3 is 20.1 Å². The number of guanidine groups is 1. The van der Waals surface area contributed by atoms with Crippen LogP contribution in [0.5, 0.6) is 0 Å². The van der Waals surface area contributed by atoms with Crippen molar-refractivity contribution in [2.24, 2.45) is 10.9 Å². The zero-order valence-electron chi connectivity index (χ0n) is 16.6. The number of pyridine rings is 1. The number of nitrogens with one attached hydrogen (secondary N) is 2. The molecule has 3 rings (SSSR count). The van der Waals surface area contributed by atoms with Gasteiger partial charge in [0.05, 0.1) is 0 Å². The van der Waals surface area contributed by atoms with Crippen LogP contribution in [0.15, 0.2) is 33.9 Å². The van der Waals surface area contributed by atoms with E-state index < -0.39 is 0 Å². The van der Waals surface area contributed by atoms with E-state index in [2.05, 4.69) is 30.8 Å². The average molecular weight is 385 g/mol. The average Bonchev–Trinajstić information content (AvgIpc) is 3.37. The molecule has 0 radical (unpaired) electrons. The maximum Gasteiger partial charge on any atom is 0.276 e. The predicted octanol–water partition coefficient (Wildman–Crippen LogP) is 1.10. The van der Waals surface area contributed by atoms with Gasteiger partial charge >= 0.3 is 0 Å². The third kappa shape index (κ3) is 5.05. The van der Waals surface area contributed by atoms with Crippen molar-refractivity contribution in [1.82, 2.24) is 30.7 Å². The number of carbonyl (C=O) groups excluding carboxylic acids is 1. The SMILES string of the molecule is CN=C(NCCc1noc(-c2ccccn2)n1)NC1CCN(C(=O)C(C)C)C1. The first-order valence-corrected chi connectivity index (χ1v) is 9.56. The number of hydrogen-bond acceptors (Lipinski definition) is 6. The second kappa shape index (κ2) is 9.29. The van der Waals surface area contributed by atoms with Gasteiger partial charge in [-0.05, 0) is 18.6 Å². The quantitative estimate of drug-likeness (QED) is 0.566. The smallest absolute Gasteiger partial charge is 0.276 e. The molecule has 1 fully saturated rings. The van der Waals surface area contributed by atoms with Crippen LogP contribution in [0.2, 0.25) is 0 Å². The highest BCUT2D eigenvalue weighted by molar-refractivity contribution is 5.81. The summed E-state index contributed by atoms with van der Waals surface area (Å²) in [5.74, 6) is 1.96. The molecule has 0 spiro atoms. The number of nitrogens with zero attached hydrogens (tertiary/aromatic N) is 5. The third-order valence-electron chi connectivity index (χ3n) is 4.55. The molecule has 2 aromatic heterocycles. The second-order valence-electron chi connectivity index (χ2n) is 7.05. The van der Waals surface area contributed by atoms with E-state index in [0.29, 0.717) is 42.9 Å². The molecule has 0 saturated carbocycles. The highest BCUT2D eigenvalue weighted by Crippen LogP contribution is 2.14. The molecule has 1 aliphatic rings. The zero-order valence-corrected chi connectivity index (χ0v) is 16.6. The van der Waals surface area contributed by atoms with Gasteiger partial charge in [-0.3, -0.25) is 14.8 Å². The van der Waals surface area contributed by atoms with E-state index in [0.717, 1.165) is 13.0 Å². The lowest BCUT2D eigenvalue weighted by Gasteiger charge is -2.20. The van der Waals surface area contributed by atoms with Gasteiger partial charge in [0, 0.05) is 51.3 Å². The molecule has 1 unspecified atom stereocenters. The van der Waals surface area contributed by atoms with Crippen LogP contribution in [-0.4, -0.2) is 64.6 Å². The Morgan fingerprint density at radius 3 is 3.00 bits per heavy atom. The lowest BCUT2D eigenvalue weighted by molar-refractivity contribution is -0.133. The van der Waals surface area contributed by atoms with Crippen LogP contribution >= 0.6 is 0 Å². The van der Waals surface area contributed by atoms with Crippen molar-refractivity contribution in [3.05, 3.63) is 30.2 Å². The fraction of sp³-hybridized carbons (Fsp3) is 0.526. The molecule has 1 atom stereocenters. The lowest BCUT2D eigenvalue weighted by atomic mass is 10.2. The number of aliphatic imine (C=N–C) groups is 1. The van der Waals surface area contributed by atoms with Gasteiger partial charge in [-0.1, -0.05) is 25.1 Å². The Hall–Kier alpha value is -2.97. The van der Waals surface area contributed by atoms with Gasteiger partial charge in [-0.15, -0.1) is 0 Å². The molecule has 3 heterocycles. The van der Waals surface area contributed by atoms with Crippen LogP contribution < -0.4 is 10.6 Å². The summed E-state index contributed by atoms with van der Waals surface area (Å²) in [4.78, 5) is 26.8. The fourth-order valence-corrected chi connectivity index (χ4v) is 3.07. The van der Waals surface area contributed by atoms with Crippen LogP contribution in [0, 0.1) is 5.92 Å². The Balaban J connectivity index is 1.44. The summed E-state index contributed by atoms with van der Waals surface area (Å²) in [6.07, 6.45) is 3.20. The standard InChI is InChI=1S/C19H27N7O2/c1-13(2)18(27)26-11-8-14(12-26)23-19(20-3)22-10-7-16-24-17(28-25-16)15-6-4-5-9-21-15/h4-6,9,13-14H,7-8,10-12H2,1-3H3,(H2,20,22,23). The first-order valence-electron chi connectivity index (χ1n) is 9.56. The van der Waals surface area contributed by atoms with E-state index in [9.17, 15) is 4.79 Å². The minimum absolute atomic E-state index is 0.0297. The number of rotatable bonds is 6. The van der Waals surface area contributed by atoms with E-state index in [1.807, 2.05) is 36.9 Å². The summed E-state index contributed by atoms with van der Waals surface area (Å²) in [6, 6.07) is 5.75. The number of amides is 1. The molecule has 1 saturated heterocycles. The molecule has 1 amide bonds. The van der Waals surface area contributed by atoms with E-state index in [1.165, 1.54) is 0 Å². The predicted molar refractivity (Wildman–Crippen MR) is 106 cm³/mol. The molecule has 9 heteroatoms. The van der Waals surface area contributed by atoms with Crippen molar-refractivity contribution in [1.29, 1.82) is 0 Å². The Morgan fingerprint density at radius 1 is 1.43 bits per heavy atom. The molecule has 0 aliphatic carbocycles. The summed E-state index contributed by atoms with van der Waals surface area (Å²) < 4.78 is 5.26. The number of hydrogen-bond donors (Lipinski definition) is 2. The summed E-state index contributed by atoms with van der Waals surface area (Å²) in [5.41, 5.74) is 0.661. The summed E-state index contributed by atoms with van der Waals surface area (Å²) >= 11 is 0. The summed E-state index contributed by atoms with van der Waals surface area (Å²) in [7, 11) is 1.73. The van der Waals surface area contributed by atoms with Gasteiger partial charge in [-0.25, -0.2) is 0 Å². The molecule has 0 bridgehead atoms. The maximum absolute atomic E-state index is 12.1. The van der Waals surface area contributed by atoms with E-state index in [4.69, 9.17) is 4.52 Å². The van der Waals surface area contributed by atoms with Crippen molar-refractivity contribution in [3.63, 3.8) is 0 Å². The largest absolute Gasteiger partial charge is 0.356 e. The van der Waals surface area contributed by atoms with Crippen molar-refractivity contribution >= 4 is 11.9 Å². The number of carbonyl (C=O) groups is 1. The second-order valence-corrected chi connectivity index (χ2v) is 7.05. The minimum Gasteiger partial charge on any atom is -0.356 e. The van der Waals surface area contributed by atoms with Gasteiger partial charge in [0.15, 0.2) is 11.8 Å². The van der Waals surface area contributed by atoms with Gasteiger partial charge in [-0.2, -0.15) is 4.98 Å². The fourth-order valence-electron chi connectivity index (χ4n) is 3.07. The van der Waals surface area contributed by atoms with Crippen LogP contribution in [0.25, 0.3) is 11.6 Å².